The minimum Gasteiger partial charge on any atom is -0.359 e. The number of nitrogens with one attached hydrogen (secondary N) is 1. The summed E-state index contributed by atoms with van der Waals surface area (Å²) in [4.78, 5) is 2.43. The zero-order valence-corrected chi connectivity index (χ0v) is 13.2. The molecule has 0 aromatic carbocycles. The monoisotopic (exact) mass is 318 g/mol. The van der Waals surface area contributed by atoms with Crippen LogP contribution < -0.4 is 10.2 Å². The lowest BCUT2D eigenvalue weighted by atomic mass is 10.1. The first kappa shape index (κ1) is 14.9. The molecule has 1 aliphatic heterocycles. The largest absolute Gasteiger partial charge is 0.359 e. The number of piperazine rings is 1. The van der Waals surface area contributed by atoms with Crippen molar-refractivity contribution in [2.75, 3.05) is 24.5 Å². The van der Waals surface area contributed by atoms with E-state index in [1.165, 1.54) is 11.3 Å². The molecule has 0 aliphatic carbocycles. The fourth-order valence-electron chi connectivity index (χ4n) is 3.05. The molecule has 3 aromatic heterocycles. The van der Waals surface area contributed by atoms with Crippen LogP contribution in [0.2, 0.25) is 0 Å². The minimum atomic E-state index is 0. The SMILES string of the molecule is Cl.Cn1cc(C2CNCCN2c2cnn3ccccc23)cn1. The molecule has 4 heterocycles. The van der Waals surface area contributed by atoms with E-state index in [9.17, 15) is 0 Å². The van der Waals surface area contributed by atoms with Gasteiger partial charge in [-0.15, -0.1) is 12.4 Å². The Labute approximate surface area is 135 Å². The Balaban J connectivity index is 0.00000144. The van der Waals surface area contributed by atoms with Crippen LogP contribution in [-0.2, 0) is 7.05 Å². The molecule has 1 atom stereocenters. The van der Waals surface area contributed by atoms with E-state index in [4.69, 9.17) is 0 Å². The van der Waals surface area contributed by atoms with Crippen LogP contribution in [-0.4, -0.2) is 39.0 Å². The Morgan fingerprint density at radius 1 is 1.23 bits per heavy atom. The lowest BCUT2D eigenvalue weighted by molar-refractivity contribution is 0.490. The van der Waals surface area contributed by atoms with Crippen molar-refractivity contribution >= 4 is 23.6 Å². The van der Waals surface area contributed by atoms with Gasteiger partial charge in [0, 0.05) is 44.6 Å². The zero-order valence-electron chi connectivity index (χ0n) is 12.4. The number of fused-ring (bicyclic) bond motifs is 1. The van der Waals surface area contributed by atoms with Crippen molar-refractivity contribution in [1.82, 2.24) is 24.7 Å². The number of aromatic nitrogens is 4. The van der Waals surface area contributed by atoms with Crippen LogP contribution in [0.1, 0.15) is 11.6 Å². The Morgan fingerprint density at radius 2 is 2.14 bits per heavy atom. The van der Waals surface area contributed by atoms with Gasteiger partial charge in [0.15, 0.2) is 0 Å². The van der Waals surface area contributed by atoms with Gasteiger partial charge in [-0.3, -0.25) is 4.68 Å². The number of pyridine rings is 1. The lowest BCUT2D eigenvalue weighted by Gasteiger charge is -2.36. The number of hydrogen-bond acceptors (Lipinski definition) is 4. The van der Waals surface area contributed by atoms with Crippen LogP contribution in [0.3, 0.4) is 0 Å². The molecule has 0 spiro atoms. The van der Waals surface area contributed by atoms with E-state index in [0.29, 0.717) is 6.04 Å². The summed E-state index contributed by atoms with van der Waals surface area (Å²) in [6.07, 6.45) is 8.00. The first-order valence-corrected chi connectivity index (χ1v) is 7.21. The highest BCUT2D eigenvalue weighted by molar-refractivity contribution is 5.85. The normalized spacial score (nSPS) is 18.4. The Hall–Kier alpha value is -2.05. The summed E-state index contributed by atoms with van der Waals surface area (Å²) in [5, 5.41) is 12.2. The third-order valence-corrected chi connectivity index (χ3v) is 4.07. The number of halogens is 1. The molecule has 1 saturated heterocycles. The van der Waals surface area contributed by atoms with Crippen molar-refractivity contribution < 1.29 is 0 Å². The van der Waals surface area contributed by atoms with Crippen LogP contribution in [0, 0.1) is 0 Å². The molecular formula is C15H19ClN6. The quantitative estimate of drug-likeness (QED) is 0.780. The van der Waals surface area contributed by atoms with Crippen molar-refractivity contribution in [3.8, 4) is 0 Å². The Morgan fingerprint density at radius 3 is 2.95 bits per heavy atom. The van der Waals surface area contributed by atoms with Crippen LogP contribution in [0.25, 0.3) is 5.52 Å². The molecule has 22 heavy (non-hydrogen) atoms. The van der Waals surface area contributed by atoms with E-state index in [1.807, 2.05) is 40.9 Å². The van der Waals surface area contributed by atoms with Gasteiger partial charge in [0.2, 0.25) is 0 Å². The van der Waals surface area contributed by atoms with E-state index < -0.39 is 0 Å². The van der Waals surface area contributed by atoms with Gasteiger partial charge in [-0.25, -0.2) is 4.52 Å². The highest BCUT2D eigenvalue weighted by Gasteiger charge is 2.27. The molecule has 1 unspecified atom stereocenters. The number of aryl methyl sites for hydroxylation is 1. The van der Waals surface area contributed by atoms with Gasteiger partial charge in [0.05, 0.1) is 29.6 Å². The second-order valence-corrected chi connectivity index (χ2v) is 5.42. The fraction of sp³-hybridized carbons (Fsp3) is 0.333. The van der Waals surface area contributed by atoms with Gasteiger partial charge in [-0.05, 0) is 12.1 Å². The molecule has 116 valence electrons. The smallest absolute Gasteiger partial charge is 0.0895 e. The summed E-state index contributed by atoms with van der Waals surface area (Å²) in [5.74, 6) is 0. The maximum Gasteiger partial charge on any atom is 0.0895 e. The molecule has 0 radical (unpaired) electrons. The van der Waals surface area contributed by atoms with Crippen LogP contribution in [0.4, 0.5) is 5.69 Å². The summed E-state index contributed by atoms with van der Waals surface area (Å²) in [5.41, 5.74) is 3.57. The molecule has 1 fully saturated rings. The second kappa shape index (κ2) is 5.98. The van der Waals surface area contributed by atoms with Gasteiger partial charge in [0.25, 0.3) is 0 Å². The van der Waals surface area contributed by atoms with Crippen LogP contribution in [0.5, 0.6) is 0 Å². The Kier molecular flexibility index (Phi) is 4.04. The van der Waals surface area contributed by atoms with Crippen molar-refractivity contribution in [2.45, 2.75) is 6.04 Å². The van der Waals surface area contributed by atoms with E-state index in [-0.39, 0.29) is 12.4 Å². The number of hydrogen-bond donors (Lipinski definition) is 1. The summed E-state index contributed by atoms with van der Waals surface area (Å²) in [7, 11) is 1.96. The summed E-state index contributed by atoms with van der Waals surface area (Å²) < 4.78 is 3.79. The van der Waals surface area contributed by atoms with Gasteiger partial charge < -0.3 is 10.2 Å². The molecule has 1 aliphatic rings. The van der Waals surface area contributed by atoms with E-state index >= 15 is 0 Å². The highest BCUT2D eigenvalue weighted by atomic mass is 35.5. The van der Waals surface area contributed by atoms with Crippen LogP contribution >= 0.6 is 12.4 Å². The first-order chi connectivity index (χ1) is 10.3. The predicted octanol–water partition coefficient (Wildman–Crippen LogP) is 1.64. The Bertz CT molecular complexity index is 764. The third kappa shape index (κ3) is 2.44. The third-order valence-electron chi connectivity index (χ3n) is 4.07. The molecule has 0 saturated carbocycles. The highest BCUT2D eigenvalue weighted by Crippen LogP contribution is 2.31. The maximum atomic E-state index is 4.46. The summed E-state index contributed by atoms with van der Waals surface area (Å²) in [6.45, 7) is 2.88. The maximum absolute atomic E-state index is 4.46. The lowest BCUT2D eigenvalue weighted by Crippen LogP contribution is -2.46. The van der Waals surface area contributed by atoms with Crippen molar-refractivity contribution in [3.63, 3.8) is 0 Å². The van der Waals surface area contributed by atoms with Crippen LogP contribution in [0.15, 0.2) is 43.0 Å². The molecule has 0 amide bonds. The molecule has 6 nitrogen and oxygen atoms in total. The van der Waals surface area contributed by atoms with Gasteiger partial charge in [0.1, 0.15) is 0 Å². The van der Waals surface area contributed by atoms with E-state index in [0.717, 1.165) is 25.2 Å². The summed E-state index contributed by atoms with van der Waals surface area (Å²) in [6, 6.07) is 6.47. The molecule has 1 N–H and O–H groups in total. The average Bonchev–Trinajstić information content (AvgIpc) is 3.13. The first-order valence-electron chi connectivity index (χ1n) is 7.21. The number of anilines is 1. The number of nitrogens with zero attached hydrogens (tertiary/aromatic N) is 5. The molecule has 4 rings (SSSR count). The van der Waals surface area contributed by atoms with E-state index in [1.54, 1.807) is 0 Å². The van der Waals surface area contributed by atoms with Crippen molar-refractivity contribution in [2.24, 2.45) is 7.05 Å². The molecule has 3 aromatic rings. The minimum absolute atomic E-state index is 0. The average molecular weight is 319 g/mol. The molecule has 0 bridgehead atoms. The van der Waals surface area contributed by atoms with Gasteiger partial charge in [-0.1, -0.05) is 6.07 Å². The van der Waals surface area contributed by atoms with Gasteiger partial charge >= 0.3 is 0 Å². The predicted molar refractivity (Wildman–Crippen MR) is 88.6 cm³/mol. The zero-order chi connectivity index (χ0) is 14.2. The molecular weight excluding hydrogens is 300 g/mol. The number of rotatable bonds is 2. The topological polar surface area (TPSA) is 50.4 Å². The standard InChI is InChI=1S/C15H18N6.ClH/c1-19-11-12(8-17-19)14-9-16-5-7-20(14)15-10-18-21-6-3-2-4-13(15)21;/h2-4,6,8,10-11,14,16H,5,7,9H2,1H3;1H. The summed E-state index contributed by atoms with van der Waals surface area (Å²) >= 11 is 0. The van der Waals surface area contributed by atoms with E-state index in [2.05, 4.69) is 38.7 Å². The van der Waals surface area contributed by atoms with Gasteiger partial charge in [-0.2, -0.15) is 10.2 Å². The van der Waals surface area contributed by atoms with Crippen molar-refractivity contribution in [3.05, 3.63) is 48.5 Å². The van der Waals surface area contributed by atoms with Crippen molar-refractivity contribution in [1.29, 1.82) is 0 Å². The second-order valence-electron chi connectivity index (χ2n) is 5.42. The fourth-order valence-corrected chi connectivity index (χ4v) is 3.05. The molecule has 7 heteroatoms.